The fourth-order valence-corrected chi connectivity index (χ4v) is 3.37. The molecule has 1 aliphatic heterocycles. The zero-order chi connectivity index (χ0) is 13.6. The van der Waals surface area contributed by atoms with Gasteiger partial charge in [-0.1, -0.05) is 6.92 Å². The number of nitrogens with zero attached hydrogens (tertiary/aromatic N) is 1. The topological polar surface area (TPSA) is 89.4 Å². The summed E-state index contributed by atoms with van der Waals surface area (Å²) >= 11 is 0. The molecule has 1 atom stereocenters. The molecular formula is C13H23N3O2. The van der Waals surface area contributed by atoms with Crippen molar-refractivity contribution in [3.05, 3.63) is 0 Å². The monoisotopic (exact) mass is 253 g/mol. The Morgan fingerprint density at radius 2 is 2.00 bits per heavy atom. The first-order valence-electron chi connectivity index (χ1n) is 6.62. The number of carbonyl (C=O) groups is 2. The van der Waals surface area contributed by atoms with Crippen LogP contribution in [0.15, 0.2) is 0 Å². The predicted molar refractivity (Wildman–Crippen MR) is 68.4 cm³/mol. The highest BCUT2D eigenvalue weighted by atomic mass is 16.2. The van der Waals surface area contributed by atoms with Crippen LogP contribution in [-0.4, -0.2) is 36.3 Å². The van der Waals surface area contributed by atoms with Crippen LogP contribution in [0.4, 0.5) is 0 Å². The Kier molecular flexibility index (Phi) is 3.13. The van der Waals surface area contributed by atoms with Crippen LogP contribution in [0.1, 0.15) is 33.1 Å². The van der Waals surface area contributed by atoms with Gasteiger partial charge in [-0.15, -0.1) is 0 Å². The molecule has 2 fully saturated rings. The molecular weight excluding hydrogens is 230 g/mol. The SMILES string of the molecule is CC1CC(CN)(C(=O)N2CCC(C)(C(N)=O)C2)C1. The zero-order valence-corrected chi connectivity index (χ0v) is 11.2. The zero-order valence-electron chi connectivity index (χ0n) is 11.2. The normalized spacial score (nSPS) is 39.5. The number of likely N-dealkylation sites (tertiary alicyclic amines) is 1. The number of hydrogen-bond donors (Lipinski definition) is 2. The summed E-state index contributed by atoms with van der Waals surface area (Å²) in [6, 6.07) is 0. The van der Waals surface area contributed by atoms with E-state index in [1.54, 1.807) is 4.90 Å². The predicted octanol–water partition coefficient (Wildman–Crippen LogP) is 0.0853. The maximum Gasteiger partial charge on any atom is 0.230 e. The van der Waals surface area contributed by atoms with Crippen LogP contribution in [0.3, 0.4) is 0 Å². The van der Waals surface area contributed by atoms with Gasteiger partial charge in [0.25, 0.3) is 0 Å². The lowest BCUT2D eigenvalue weighted by atomic mass is 9.62. The first kappa shape index (κ1) is 13.3. The van der Waals surface area contributed by atoms with E-state index in [1.165, 1.54) is 0 Å². The molecule has 2 aliphatic rings. The largest absolute Gasteiger partial charge is 0.369 e. The fourth-order valence-electron chi connectivity index (χ4n) is 3.37. The van der Waals surface area contributed by atoms with Gasteiger partial charge in [0.05, 0.1) is 10.8 Å². The van der Waals surface area contributed by atoms with Crippen molar-refractivity contribution in [2.24, 2.45) is 28.2 Å². The third kappa shape index (κ3) is 1.90. The molecule has 5 nitrogen and oxygen atoms in total. The van der Waals surface area contributed by atoms with Gasteiger partial charge in [0, 0.05) is 19.6 Å². The van der Waals surface area contributed by atoms with Crippen LogP contribution in [0.2, 0.25) is 0 Å². The Balaban J connectivity index is 2.06. The molecule has 102 valence electrons. The van der Waals surface area contributed by atoms with Gasteiger partial charge in [-0.3, -0.25) is 9.59 Å². The van der Waals surface area contributed by atoms with Crippen molar-refractivity contribution in [1.29, 1.82) is 0 Å². The fraction of sp³-hybridized carbons (Fsp3) is 0.846. The molecule has 5 heteroatoms. The van der Waals surface area contributed by atoms with Gasteiger partial charge in [-0.05, 0) is 32.1 Å². The second kappa shape index (κ2) is 4.23. The Hall–Kier alpha value is -1.10. The first-order chi connectivity index (χ1) is 8.33. The minimum absolute atomic E-state index is 0.119. The van der Waals surface area contributed by atoms with Gasteiger partial charge < -0.3 is 16.4 Å². The van der Waals surface area contributed by atoms with E-state index in [1.807, 2.05) is 6.92 Å². The van der Waals surface area contributed by atoms with Gasteiger partial charge in [-0.2, -0.15) is 0 Å². The number of hydrogen-bond acceptors (Lipinski definition) is 3. The second-order valence-corrected chi connectivity index (χ2v) is 6.40. The standard InChI is InChI=1S/C13H23N3O2/c1-9-5-13(6-9,7-14)11(18)16-4-3-12(2,8-16)10(15)17/h9H,3-8,14H2,1-2H3,(H2,15,17). The van der Waals surface area contributed by atoms with Crippen LogP contribution < -0.4 is 11.5 Å². The average molecular weight is 253 g/mol. The summed E-state index contributed by atoms with van der Waals surface area (Å²) in [5.74, 6) is 0.372. The summed E-state index contributed by atoms with van der Waals surface area (Å²) in [5.41, 5.74) is 10.2. The van der Waals surface area contributed by atoms with Crippen LogP contribution in [0.25, 0.3) is 0 Å². The Bertz CT molecular complexity index is 376. The molecule has 0 aromatic carbocycles. The van der Waals surface area contributed by atoms with Crippen molar-refractivity contribution in [1.82, 2.24) is 4.90 Å². The molecule has 1 aliphatic carbocycles. The molecule has 0 aromatic heterocycles. The molecule has 1 unspecified atom stereocenters. The number of nitrogens with two attached hydrogens (primary N) is 2. The number of rotatable bonds is 3. The molecule has 1 saturated carbocycles. The van der Waals surface area contributed by atoms with Crippen LogP contribution >= 0.6 is 0 Å². The molecule has 2 amide bonds. The van der Waals surface area contributed by atoms with Gasteiger partial charge in [0.2, 0.25) is 11.8 Å². The average Bonchev–Trinajstić information content (AvgIpc) is 2.68. The van der Waals surface area contributed by atoms with Gasteiger partial charge >= 0.3 is 0 Å². The summed E-state index contributed by atoms with van der Waals surface area (Å²) in [6.07, 6.45) is 2.39. The molecule has 1 saturated heterocycles. The highest BCUT2D eigenvalue weighted by Crippen LogP contribution is 2.47. The first-order valence-corrected chi connectivity index (χ1v) is 6.62. The summed E-state index contributed by atoms with van der Waals surface area (Å²) in [7, 11) is 0. The van der Waals surface area contributed by atoms with E-state index in [-0.39, 0.29) is 17.2 Å². The summed E-state index contributed by atoms with van der Waals surface area (Å²) < 4.78 is 0. The molecule has 4 N–H and O–H groups in total. The van der Waals surface area contributed by atoms with Gasteiger partial charge in [0.15, 0.2) is 0 Å². The van der Waals surface area contributed by atoms with Crippen molar-refractivity contribution < 1.29 is 9.59 Å². The van der Waals surface area contributed by atoms with Crippen molar-refractivity contribution in [3.63, 3.8) is 0 Å². The van der Waals surface area contributed by atoms with Crippen molar-refractivity contribution >= 4 is 11.8 Å². The molecule has 0 bridgehead atoms. The smallest absolute Gasteiger partial charge is 0.230 e. The molecule has 2 rings (SSSR count). The molecule has 0 aromatic rings. The Morgan fingerprint density at radius 3 is 2.39 bits per heavy atom. The van der Waals surface area contributed by atoms with Crippen molar-refractivity contribution in [3.8, 4) is 0 Å². The summed E-state index contributed by atoms with van der Waals surface area (Å²) in [4.78, 5) is 25.7. The number of primary amides is 1. The van der Waals surface area contributed by atoms with Crippen molar-refractivity contribution in [2.45, 2.75) is 33.1 Å². The van der Waals surface area contributed by atoms with E-state index < -0.39 is 5.41 Å². The highest BCUT2D eigenvalue weighted by Gasteiger charge is 2.51. The van der Waals surface area contributed by atoms with E-state index in [2.05, 4.69) is 6.92 Å². The molecule has 18 heavy (non-hydrogen) atoms. The van der Waals surface area contributed by atoms with E-state index in [4.69, 9.17) is 11.5 Å². The number of carbonyl (C=O) groups excluding carboxylic acids is 2. The Labute approximate surface area is 108 Å². The third-order valence-electron chi connectivity index (χ3n) is 4.68. The lowest BCUT2D eigenvalue weighted by Crippen LogP contribution is -2.54. The Morgan fingerprint density at radius 1 is 1.39 bits per heavy atom. The minimum Gasteiger partial charge on any atom is -0.369 e. The van der Waals surface area contributed by atoms with Crippen LogP contribution in [-0.2, 0) is 9.59 Å². The van der Waals surface area contributed by atoms with Crippen molar-refractivity contribution in [2.75, 3.05) is 19.6 Å². The van der Waals surface area contributed by atoms with Crippen LogP contribution in [0, 0.1) is 16.7 Å². The second-order valence-electron chi connectivity index (χ2n) is 6.40. The van der Waals surface area contributed by atoms with E-state index >= 15 is 0 Å². The molecule has 0 radical (unpaired) electrons. The van der Waals surface area contributed by atoms with E-state index in [9.17, 15) is 9.59 Å². The maximum absolute atomic E-state index is 12.5. The lowest BCUT2D eigenvalue weighted by molar-refractivity contribution is -0.149. The maximum atomic E-state index is 12.5. The minimum atomic E-state index is -0.569. The van der Waals surface area contributed by atoms with Gasteiger partial charge in [0.1, 0.15) is 0 Å². The summed E-state index contributed by atoms with van der Waals surface area (Å²) in [6.45, 7) is 5.44. The molecule has 1 heterocycles. The van der Waals surface area contributed by atoms with Gasteiger partial charge in [-0.25, -0.2) is 0 Å². The van der Waals surface area contributed by atoms with E-state index in [0.29, 0.717) is 32.0 Å². The lowest BCUT2D eigenvalue weighted by Gasteiger charge is -2.46. The van der Waals surface area contributed by atoms with Crippen LogP contribution in [0.5, 0.6) is 0 Å². The quantitative estimate of drug-likeness (QED) is 0.746. The highest BCUT2D eigenvalue weighted by molar-refractivity contribution is 5.87. The summed E-state index contributed by atoms with van der Waals surface area (Å²) in [5, 5.41) is 0. The third-order valence-corrected chi connectivity index (χ3v) is 4.68. The molecule has 0 spiro atoms. The van der Waals surface area contributed by atoms with E-state index in [0.717, 1.165) is 12.8 Å². The number of amides is 2.